The standard InChI is InChI=1S/C13H18N4OS/c1-9-12(10(2)17(3)16-9)8-15-13(19)14-7-11-5-4-6-18-11/h4-6H,7-8H2,1-3H3,(H2,14,15,19). The van der Waals surface area contributed by atoms with E-state index in [1.165, 1.54) is 5.56 Å². The Morgan fingerprint density at radius 3 is 2.68 bits per heavy atom. The van der Waals surface area contributed by atoms with E-state index in [0.29, 0.717) is 18.2 Å². The zero-order valence-electron chi connectivity index (χ0n) is 11.4. The molecule has 0 aliphatic heterocycles. The molecule has 0 aromatic carbocycles. The number of nitrogens with one attached hydrogen (secondary N) is 2. The SMILES string of the molecule is Cc1nn(C)c(C)c1CNC(=S)NCc1ccco1. The van der Waals surface area contributed by atoms with Crippen LogP contribution in [-0.2, 0) is 20.1 Å². The summed E-state index contributed by atoms with van der Waals surface area (Å²) in [5.74, 6) is 0.859. The number of aromatic nitrogens is 2. The quantitative estimate of drug-likeness (QED) is 0.835. The second kappa shape index (κ2) is 5.88. The second-order valence-corrected chi connectivity index (χ2v) is 4.80. The third-order valence-electron chi connectivity index (χ3n) is 3.09. The molecule has 0 saturated carbocycles. The fourth-order valence-corrected chi connectivity index (χ4v) is 2.03. The van der Waals surface area contributed by atoms with E-state index in [0.717, 1.165) is 17.1 Å². The summed E-state index contributed by atoms with van der Waals surface area (Å²) in [4.78, 5) is 0. The van der Waals surface area contributed by atoms with Gasteiger partial charge in [0.25, 0.3) is 0 Å². The van der Waals surface area contributed by atoms with Crippen molar-refractivity contribution in [1.29, 1.82) is 0 Å². The number of hydrogen-bond acceptors (Lipinski definition) is 3. The molecule has 2 rings (SSSR count). The van der Waals surface area contributed by atoms with E-state index in [1.807, 2.05) is 30.8 Å². The Morgan fingerprint density at radius 2 is 2.11 bits per heavy atom. The van der Waals surface area contributed by atoms with Crippen molar-refractivity contribution in [1.82, 2.24) is 20.4 Å². The first-order chi connectivity index (χ1) is 9.08. The van der Waals surface area contributed by atoms with Crippen molar-refractivity contribution in [2.45, 2.75) is 26.9 Å². The van der Waals surface area contributed by atoms with Gasteiger partial charge in [0.05, 0.1) is 18.5 Å². The Kier molecular flexibility index (Phi) is 4.21. The van der Waals surface area contributed by atoms with Crippen LogP contribution in [0.2, 0.25) is 0 Å². The van der Waals surface area contributed by atoms with Crippen molar-refractivity contribution >= 4 is 17.3 Å². The summed E-state index contributed by atoms with van der Waals surface area (Å²) < 4.78 is 7.11. The van der Waals surface area contributed by atoms with Crippen LogP contribution in [0.5, 0.6) is 0 Å². The van der Waals surface area contributed by atoms with Crippen molar-refractivity contribution in [3.05, 3.63) is 41.1 Å². The highest BCUT2D eigenvalue weighted by molar-refractivity contribution is 7.80. The molecule has 0 atom stereocenters. The minimum Gasteiger partial charge on any atom is -0.467 e. The van der Waals surface area contributed by atoms with Crippen LogP contribution < -0.4 is 10.6 Å². The van der Waals surface area contributed by atoms with Crippen molar-refractivity contribution in [3.63, 3.8) is 0 Å². The van der Waals surface area contributed by atoms with Crippen molar-refractivity contribution in [2.75, 3.05) is 0 Å². The summed E-state index contributed by atoms with van der Waals surface area (Å²) in [6.07, 6.45) is 1.65. The van der Waals surface area contributed by atoms with E-state index in [-0.39, 0.29) is 0 Å². The van der Waals surface area contributed by atoms with Gasteiger partial charge < -0.3 is 15.1 Å². The third-order valence-corrected chi connectivity index (χ3v) is 3.38. The molecule has 2 N–H and O–H groups in total. The molecule has 102 valence electrons. The first-order valence-corrected chi connectivity index (χ1v) is 6.52. The van der Waals surface area contributed by atoms with Crippen LogP contribution in [0.25, 0.3) is 0 Å². The number of furan rings is 1. The minimum atomic E-state index is 0.587. The van der Waals surface area contributed by atoms with Crippen LogP contribution in [0.4, 0.5) is 0 Å². The highest BCUT2D eigenvalue weighted by atomic mass is 32.1. The maximum absolute atomic E-state index is 5.23. The third kappa shape index (κ3) is 3.35. The number of rotatable bonds is 4. The van der Waals surface area contributed by atoms with Crippen molar-refractivity contribution in [3.8, 4) is 0 Å². The lowest BCUT2D eigenvalue weighted by Crippen LogP contribution is -2.34. The molecule has 2 aromatic heterocycles. The molecule has 0 spiro atoms. The summed E-state index contributed by atoms with van der Waals surface area (Å²) in [6, 6.07) is 3.76. The van der Waals surface area contributed by atoms with Gasteiger partial charge in [-0.2, -0.15) is 5.10 Å². The molecule has 0 aliphatic carbocycles. The van der Waals surface area contributed by atoms with E-state index in [4.69, 9.17) is 16.6 Å². The Morgan fingerprint density at radius 1 is 1.37 bits per heavy atom. The van der Waals surface area contributed by atoms with Crippen molar-refractivity contribution < 1.29 is 4.42 Å². The van der Waals surface area contributed by atoms with Gasteiger partial charge in [0.1, 0.15) is 5.76 Å². The lowest BCUT2D eigenvalue weighted by molar-refractivity contribution is 0.502. The maximum atomic E-state index is 5.23. The van der Waals surface area contributed by atoms with Crippen molar-refractivity contribution in [2.24, 2.45) is 7.05 Å². The summed E-state index contributed by atoms with van der Waals surface area (Å²) >= 11 is 5.23. The first-order valence-electron chi connectivity index (χ1n) is 6.11. The molecule has 5 nitrogen and oxygen atoms in total. The number of nitrogens with zero attached hydrogens (tertiary/aromatic N) is 2. The van der Waals surface area contributed by atoms with Crippen LogP contribution in [0, 0.1) is 13.8 Å². The lowest BCUT2D eigenvalue weighted by atomic mass is 10.2. The summed E-state index contributed by atoms with van der Waals surface area (Å²) in [6.45, 7) is 5.32. The van der Waals surface area contributed by atoms with E-state index in [2.05, 4.69) is 22.7 Å². The summed E-state index contributed by atoms with van der Waals surface area (Å²) in [5, 5.41) is 11.3. The molecule has 0 fully saturated rings. The normalized spacial score (nSPS) is 10.5. The van der Waals surface area contributed by atoms with Crippen LogP contribution >= 0.6 is 12.2 Å². The van der Waals surface area contributed by atoms with E-state index >= 15 is 0 Å². The Balaban J connectivity index is 1.83. The van der Waals surface area contributed by atoms with Gasteiger partial charge in [-0.05, 0) is 38.2 Å². The Hall–Kier alpha value is -1.82. The monoisotopic (exact) mass is 278 g/mol. The largest absolute Gasteiger partial charge is 0.467 e. The molecule has 2 heterocycles. The number of hydrogen-bond donors (Lipinski definition) is 2. The molecule has 6 heteroatoms. The second-order valence-electron chi connectivity index (χ2n) is 4.39. The topological polar surface area (TPSA) is 55.0 Å². The Labute approximate surface area is 118 Å². The molecule has 0 aliphatic rings. The zero-order valence-corrected chi connectivity index (χ0v) is 12.2. The molecule has 19 heavy (non-hydrogen) atoms. The van der Waals surface area contributed by atoms with Gasteiger partial charge in [0, 0.05) is 24.8 Å². The van der Waals surface area contributed by atoms with Crippen LogP contribution in [-0.4, -0.2) is 14.9 Å². The Bertz CT molecular complexity index is 559. The van der Waals surface area contributed by atoms with Crippen LogP contribution in [0.15, 0.2) is 22.8 Å². The predicted octanol–water partition coefficient (Wildman–Crippen LogP) is 1.79. The molecule has 0 bridgehead atoms. The molecular formula is C13H18N4OS. The fourth-order valence-electron chi connectivity index (χ4n) is 1.89. The van der Waals surface area contributed by atoms with E-state index in [1.54, 1.807) is 6.26 Å². The molecule has 0 saturated heterocycles. The van der Waals surface area contributed by atoms with Gasteiger partial charge in [0.2, 0.25) is 0 Å². The van der Waals surface area contributed by atoms with Crippen LogP contribution in [0.1, 0.15) is 22.7 Å². The molecule has 0 unspecified atom stereocenters. The van der Waals surface area contributed by atoms with Gasteiger partial charge in [-0.25, -0.2) is 0 Å². The molecule has 0 radical (unpaired) electrons. The summed E-state index contributed by atoms with van der Waals surface area (Å²) in [5.41, 5.74) is 3.37. The number of aryl methyl sites for hydroxylation is 2. The first kappa shape index (κ1) is 13.6. The van der Waals surface area contributed by atoms with Gasteiger partial charge in [-0.1, -0.05) is 0 Å². The average molecular weight is 278 g/mol. The fraction of sp³-hybridized carbons (Fsp3) is 0.385. The van der Waals surface area contributed by atoms with Gasteiger partial charge in [-0.3, -0.25) is 4.68 Å². The molecular weight excluding hydrogens is 260 g/mol. The molecule has 0 amide bonds. The smallest absolute Gasteiger partial charge is 0.166 e. The van der Waals surface area contributed by atoms with Crippen LogP contribution in [0.3, 0.4) is 0 Å². The minimum absolute atomic E-state index is 0.587. The van der Waals surface area contributed by atoms with E-state index in [9.17, 15) is 0 Å². The van der Waals surface area contributed by atoms with Gasteiger partial charge in [-0.15, -0.1) is 0 Å². The van der Waals surface area contributed by atoms with E-state index < -0.39 is 0 Å². The highest BCUT2D eigenvalue weighted by Gasteiger charge is 2.09. The predicted molar refractivity (Wildman–Crippen MR) is 77.7 cm³/mol. The summed E-state index contributed by atoms with van der Waals surface area (Å²) in [7, 11) is 1.94. The number of thiocarbonyl (C=S) groups is 1. The highest BCUT2D eigenvalue weighted by Crippen LogP contribution is 2.11. The lowest BCUT2D eigenvalue weighted by Gasteiger charge is -2.09. The average Bonchev–Trinajstić information content (AvgIpc) is 2.96. The zero-order chi connectivity index (χ0) is 13.8. The maximum Gasteiger partial charge on any atom is 0.166 e. The molecule has 2 aromatic rings. The van der Waals surface area contributed by atoms with Gasteiger partial charge in [0.15, 0.2) is 5.11 Å². The van der Waals surface area contributed by atoms with Gasteiger partial charge >= 0.3 is 0 Å².